The fourth-order valence-corrected chi connectivity index (χ4v) is 2.71. The molecule has 0 amide bonds. The predicted octanol–water partition coefficient (Wildman–Crippen LogP) is 4.41. The zero-order valence-corrected chi connectivity index (χ0v) is 15.4. The molecule has 0 spiro atoms. The van der Waals surface area contributed by atoms with Crippen molar-refractivity contribution in [2.45, 2.75) is 45.6 Å². The van der Waals surface area contributed by atoms with Crippen LogP contribution in [0.1, 0.15) is 25.5 Å². The number of ether oxygens (including phenoxy) is 1. The SMILES string of the molecule is C/C=C(\O[C@H](c1ccccc1)[C@H](C)N(C)C)O[Si](C)(C)C. The van der Waals surface area contributed by atoms with Crippen LogP contribution >= 0.6 is 0 Å². The highest BCUT2D eigenvalue weighted by Crippen LogP contribution is 2.28. The van der Waals surface area contributed by atoms with Crippen LogP contribution in [0.2, 0.25) is 19.6 Å². The first kappa shape index (κ1) is 17.8. The summed E-state index contributed by atoms with van der Waals surface area (Å²) in [6.45, 7) is 10.6. The van der Waals surface area contributed by atoms with Gasteiger partial charge in [0, 0.05) is 6.04 Å². The van der Waals surface area contributed by atoms with Gasteiger partial charge in [-0.05, 0) is 59.2 Å². The number of benzene rings is 1. The molecule has 3 nitrogen and oxygen atoms in total. The number of hydrogen-bond donors (Lipinski definition) is 0. The largest absolute Gasteiger partial charge is 0.520 e. The van der Waals surface area contributed by atoms with Crippen molar-refractivity contribution in [1.29, 1.82) is 0 Å². The number of rotatable bonds is 7. The Hall–Kier alpha value is -1.26. The molecule has 0 N–H and O–H groups in total. The lowest BCUT2D eigenvalue weighted by Gasteiger charge is -2.32. The molecule has 2 atom stereocenters. The third-order valence-corrected chi connectivity index (χ3v) is 4.08. The molecule has 1 aromatic rings. The van der Waals surface area contributed by atoms with Crippen LogP contribution in [-0.4, -0.2) is 33.4 Å². The summed E-state index contributed by atoms with van der Waals surface area (Å²) in [4.78, 5) is 2.17. The maximum atomic E-state index is 6.22. The molecule has 118 valence electrons. The Morgan fingerprint density at radius 3 is 2.14 bits per heavy atom. The molecule has 0 fully saturated rings. The molecule has 1 aromatic carbocycles. The lowest BCUT2D eigenvalue weighted by Crippen LogP contribution is -2.34. The van der Waals surface area contributed by atoms with Gasteiger partial charge >= 0.3 is 0 Å². The molecule has 0 heterocycles. The van der Waals surface area contributed by atoms with Crippen molar-refractivity contribution in [1.82, 2.24) is 4.90 Å². The molecule has 0 bridgehead atoms. The van der Waals surface area contributed by atoms with Gasteiger partial charge < -0.3 is 14.1 Å². The Balaban J connectivity index is 2.98. The van der Waals surface area contributed by atoms with E-state index < -0.39 is 8.32 Å². The van der Waals surface area contributed by atoms with Crippen LogP contribution in [0.25, 0.3) is 0 Å². The van der Waals surface area contributed by atoms with E-state index in [2.05, 4.69) is 57.7 Å². The van der Waals surface area contributed by atoms with Crippen LogP contribution in [0, 0.1) is 0 Å². The van der Waals surface area contributed by atoms with Crippen molar-refractivity contribution >= 4 is 8.32 Å². The van der Waals surface area contributed by atoms with E-state index >= 15 is 0 Å². The molecule has 0 aliphatic heterocycles. The standard InChI is InChI=1S/C17H29NO2Si/c1-8-16(20-21(5,6)7)19-17(14(2)18(3)4)15-12-10-9-11-13-15/h8-14,17H,1-7H3/b16-8+/t14-,17-/m0/s1. The summed E-state index contributed by atoms with van der Waals surface area (Å²) in [7, 11) is 2.46. The van der Waals surface area contributed by atoms with Crippen LogP contribution in [0.5, 0.6) is 0 Å². The quantitative estimate of drug-likeness (QED) is 0.550. The molecular weight excluding hydrogens is 278 g/mol. The van der Waals surface area contributed by atoms with Crippen LogP contribution in [-0.2, 0) is 9.16 Å². The summed E-state index contributed by atoms with van der Waals surface area (Å²) in [5.41, 5.74) is 1.16. The lowest BCUT2D eigenvalue weighted by atomic mass is 10.0. The van der Waals surface area contributed by atoms with Crippen molar-refractivity contribution in [3.63, 3.8) is 0 Å². The van der Waals surface area contributed by atoms with Crippen molar-refractivity contribution in [3.8, 4) is 0 Å². The first-order valence-corrected chi connectivity index (χ1v) is 10.9. The average molecular weight is 308 g/mol. The average Bonchev–Trinajstić information content (AvgIpc) is 2.42. The van der Waals surface area contributed by atoms with E-state index in [1.165, 1.54) is 0 Å². The smallest absolute Gasteiger partial charge is 0.261 e. The van der Waals surface area contributed by atoms with Gasteiger partial charge in [-0.1, -0.05) is 30.3 Å². The molecule has 0 aromatic heterocycles. The van der Waals surface area contributed by atoms with E-state index in [4.69, 9.17) is 9.16 Å². The highest BCUT2D eigenvalue weighted by Gasteiger charge is 2.26. The topological polar surface area (TPSA) is 21.7 Å². The zero-order chi connectivity index (χ0) is 16.0. The van der Waals surface area contributed by atoms with Crippen LogP contribution in [0.3, 0.4) is 0 Å². The van der Waals surface area contributed by atoms with E-state index in [0.29, 0.717) is 5.95 Å². The summed E-state index contributed by atoms with van der Waals surface area (Å²) in [6.07, 6.45) is 1.86. The second-order valence-electron chi connectivity index (χ2n) is 6.48. The van der Waals surface area contributed by atoms with Gasteiger partial charge in [-0.15, -0.1) is 0 Å². The summed E-state index contributed by atoms with van der Waals surface area (Å²) < 4.78 is 12.2. The Morgan fingerprint density at radius 1 is 1.14 bits per heavy atom. The summed E-state index contributed by atoms with van der Waals surface area (Å²) in [6, 6.07) is 10.6. The predicted molar refractivity (Wildman–Crippen MR) is 91.6 cm³/mol. The zero-order valence-electron chi connectivity index (χ0n) is 14.4. The van der Waals surface area contributed by atoms with Gasteiger partial charge in [-0.2, -0.15) is 0 Å². The summed E-state index contributed by atoms with van der Waals surface area (Å²) in [5, 5.41) is 0. The number of allylic oxidation sites excluding steroid dienone is 1. The highest BCUT2D eigenvalue weighted by atomic mass is 28.4. The van der Waals surface area contributed by atoms with E-state index in [-0.39, 0.29) is 12.1 Å². The highest BCUT2D eigenvalue weighted by molar-refractivity contribution is 6.69. The Labute approximate surface area is 130 Å². The fraction of sp³-hybridized carbons (Fsp3) is 0.529. The minimum Gasteiger partial charge on any atom is -0.520 e. The molecular formula is C17H29NO2Si. The molecule has 0 aliphatic carbocycles. The molecule has 21 heavy (non-hydrogen) atoms. The van der Waals surface area contributed by atoms with Gasteiger partial charge in [0.25, 0.3) is 5.95 Å². The minimum absolute atomic E-state index is 0.0521. The monoisotopic (exact) mass is 307 g/mol. The first-order valence-electron chi connectivity index (χ1n) is 7.48. The van der Waals surface area contributed by atoms with Crippen LogP contribution < -0.4 is 0 Å². The second-order valence-corrected chi connectivity index (χ2v) is 10.9. The Kier molecular flexibility index (Phi) is 6.49. The maximum Gasteiger partial charge on any atom is 0.261 e. The molecule has 0 saturated carbocycles. The molecule has 0 saturated heterocycles. The first-order chi connectivity index (χ1) is 9.74. The number of likely N-dealkylation sites (N-methyl/N-ethyl adjacent to an activating group) is 1. The second kappa shape index (κ2) is 7.66. The Morgan fingerprint density at radius 2 is 1.71 bits per heavy atom. The third kappa shape index (κ3) is 5.94. The van der Waals surface area contributed by atoms with E-state index in [1.807, 2.05) is 31.2 Å². The van der Waals surface area contributed by atoms with Gasteiger partial charge in [-0.25, -0.2) is 0 Å². The van der Waals surface area contributed by atoms with E-state index in [9.17, 15) is 0 Å². The molecule has 0 aliphatic rings. The van der Waals surface area contributed by atoms with Gasteiger partial charge in [0.2, 0.25) is 8.32 Å². The Bertz CT molecular complexity index is 452. The lowest BCUT2D eigenvalue weighted by molar-refractivity contribution is -0.00315. The molecule has 1 rings (SSSR count). The minimum atomic E-state index is -1.68. The van der Waals surface area contributed by atoms with Crippen LogP contribution in [0.4, 0.5) is 0 Å². The van der Waals surface area contributed by atoms with Crippen molar-refractivity contribution in [3.05, 3.63) is 47.9 Å². The van der Waals surface area contributed by atoms with Gasteiger partial charge in [0.15, 0.2) is 0 Å². The maximum absolute atomic E-state index is 6.22. The van der Waals surface area contributed by atoms with Crippen molar-refractivity contribution < 1.29 is 9.16 Å². The molecule has 0 radical (unpaired) electrons. The number of hydrogen-bond acceptors (Lipinski definition) is 3. The third-order valence-electron chi connectivity index (χ3n) is 3.27. The molecule has 0 unspecified atom stereocenters. The van der Waals surface area contributed by atoms with Gasteiger partial charge in [0.05, 0.1) is 0 Å². The van der Waals surface area contributed by atoms with Crippen molar-refractivity contribution in [2.75, 3.05) is 14.1 Å². The van der Waals surface area contributed by atoms with Gasteiger partial charge in [-0.3, -0.25) is 0 Å². The van der Waals surface area contributed by atoms with Crippen molar-refractivity contribution in [2.24, 2.45) is 0 Å². The van der Waals surface area contributed by atoms with Gasteiger partial charge in [0.1, 0.15) is 6.10 Å². The normalized spacial score (nSPS) is 15.7. The van der Waals surface area contributed by atoms with E-state index in [1.54, 1.807) is 0 Å². The summed E-state index contributed by atoms with van der Waals surface area (Å²) >= 11 is 0. The van der Waals surface area contributed by atoms with E-state index in [0.717, 1.165) is 5.56 Å². The summed E-state index contributed by atoms with van der Waals surface area (Å²) in [5.74, 6) is 0.636. The molecule has 4 heteroatoms. The fourth-order valence-electron chi connectivity index (χ4n) is 1.94. The van der Waals surface area contributed by atoms with Crippen LogP contribution in [0.15, 0.2) is 42.4 Å². The number of nitrogens with zero attached hydrogens (tertiary/aromatic N) is 1.